The largest absolute Gasteiger partial charge is 0.486 e. The third-order valence-electron chi connectivity index (χ3n) is 5.72. The standard InChI is InChI=1S/C26H28F3N5O6S/c1-25(2,3)40-24(36)32-17-7-8-22-21(12-17)34(41(37,38)20-6-4-5-16(11-20)26(27,28)29)15-19(39-22)13-23(35)30-14-18-9-10-31-33-18/h4-12,19H,13-15H2,1-3H3,(H,30,35)(H,31,33)(H,32,36)/t19-/m0/s1. The summed E-state index contributed by atoms with van der Waals surface area (Å²) in [5.41, 5.74) is -1.25. The van der Waals surface area contributed by atoms with Crippen molar-refractivity contribution in [3.63, 3.8) is 0 Å². The van der Waals surface area contributed by atoms with E-state index >= 15 is 0 Å². The molecule has 0 aliphatic carbocycles. The number of hydrogen-bond donors (Lipinski definition) is 3. The van der Waals surface area contributed by atoms with Crippen LogP contribution in [0.4, 0.5) is 29.3 Å². The third-order valence-corrected chi connectivity index (χ3v) is 7.50. The number of carbonyl (C=O) groups excluding carboxylic acids is 2. The summed E-state index contributed by atoms with van der Waals surface area (Å²) in [6, 6.07) is 9.16. The molecule has 3 N–H and O–H groups in total. The zero-order chi connectivity index (χ0) is 30.0. The Morgan fingerprint density at radius 1 is 1.15 bits per heavy atom. The number of nitrogens with zero attached hydrogens (tertiary/aromatic N) is 2. The zero-order valence-electron chi connectivity index (χ0n) is 22.3. The first-order chi connectivity index (χ1) is 19.1. The van der Waals surface area contributed by atoms with E-state index in [-0.39, 0.29) is 30.1 Å². The second kappa shape index (κ2) is 11.3. The van der Waals surface area contributed by atoms with E-state index in [1.54, 1.807) is 33.0 Å². The Hall–Kier alpha value is -4.27. The summed E-state index contributed by atoms with van der Waals surface area (Å²) in [6.07, 6.45) is -5.21. The Balaban J connectivity index is 1.65. The number of rotatable bonds is 7. The lowest BCUT2D eigenvalue weighted by atomic mass is 10.1. The highest BCUT2D eigenvalue weighted by atomic mass is 32.2. The van der Waals surface area contributed by atoms with E-state index in [9.17, 15) is 31.2 Å². The quantitative estimate of drug-likeness (QED) is 0.367. The fourth-order valence-corrected chi connectivity index (χ4v) is 5.51. The summed E-state index contributed by atoms with van der Waals surface area (Å²) >= 11 is 0. The fourth-order valence-electron chi connectivity index (χ4n) is 3.96. The molecule has 0 unspecified atom stereocenters. The molecule has 1 atom stereocenters. The SMILES string of the molecule is CC(C)(C)OC(=O)Nc1ccc2c(c1)N(S(=O)(=O)c1cccc(C(F)(F)F)c1)C[C@H](CC(=O)NCc1cc[nH]n1)O2. The predicted octanol–water partition coefficient (Wildman–Crippen LogP) is 4.44. The fraction of sp³-hybridized carbons (Fsp3) is 0.346. The molecule has 0 saturated heterocycles. The van der Waals surface area contributed by atoms with Gasteiger partial charge in [0.05, 0.1) is 41.4 Å². The van der Waals surface area contributed by atoms with Gasteiger partial charge in [-0.3, -0.25) is 19.5 Å². The van der Waals surface area contributed by atoms with Crippen LogP contribution in [0, 0.1) is 0 Å². The molecule has 0 bridgehead atoms. The van der Waals surface area contributed by atoms with Crippen LogP contribution >= 0.6 is 0 Å². The van der Waals surface area contributed by atoms with Crippen molar-refractivity contribution >= 4 is 33.4 Å². The first kappa shape index (κ1) is 29.7. The van der Waals surface area contributed by atoms with Crippen LogP contribution in [0.5, 0.6) is 5.75 Å². The van der Waals surface area contributed by atoms with E-state index in [1.165, 1.54) is 18.2 Å². The smallest absolute Gasteiger partial charge is 0.416 e. The molecule has 0 saturated carbocycles. The van der Waals surface area contributed by atoms with Crippen LogP contribution in [0.3, 0.4) is 0 Å². The van der Waals surface area contributed by atoms with Crippen LogP contribution in [-0.2, 0) is 32.3 Å². The topological polar surface area (TPSA) is 143 Å². The van der Waals surface area contributed by atoms with Crippen molar-refractivity contribution in [1.82, 2.24) is 15.5 Å². The lowest BCUT2D eigenvalue weighted by Gasteiger charge is -2.35. The van der Waals surface area contributed by atoms with Gasteiger partial charge in [0.25, 0.3) is 10.0 Å². The van der Waals surface area contributed by atoms with Crippen molar-refractivity contribution in [3.8, 4) is 5.75 Å². The van der Waals surface area contributed by atoms with Gasteiger partial charge in [-0.2, -0.15) is 18.3 Å². The number of aromatic amines is 1. The molecule has 1 aliphatic heterocycles. The van der Waals surface area contributed by atoms with E-state index < -0.39 is 56.9 Å². The van der Waals surface area contributed by atoms with Gasteiger partial charge >= 0.3 is 12.3 Å². The molecule has 1 aliphatic rings. The van der Waals surface area contributed by atoms with Gasteiger partial charge in [-0.05, 0) is 63.2 Å². The number of aromatic nitrogens is 2. The van der Waals surface area contributed by atoms with Crippen molar-refractivity contribution in [2.75, 3.05) is 16.2 Å². The number of halogens is 3. The average Bonchev–Trinajstić information content (AvgIpc) is 3.39. The van der Waals surface area contributed by atoms with Crippen LogP contribution in [-0.4, -0.2) is 48.9 Å². The number of alkyl halides is 3. The number of benzene rings is 2. The molecule has 0 radical (unpaired) electrons. The van der Waals surface area contributed by atoms with Gasteiger partial charge in [-0.25, -0.2) is 13.2 Å². The minimum atomic E-state index is -4.77. The van der Waals surface area contributed by atoms with Crippen molar-refractivity contribution in [1.29, 1.82) is 0 Å². The maximum Gasteiger partial charge on any atom is 0.416 e. The van der Waals surface area contributed by atoms with E-state index in [1.807, 2.05) is 0 Å². The second-order valence-electron chi connectivity index (χ2n) is 10.2. The summed E-state index contributed by atoms with van der Waals surface area (Å²) in [5.74, 6) is -0.410. The number of sulfonamides is 1. The number of anilines is 2. The molecule has 220 valence electrons. The highest BCUT2D eigenvalue weighted by Crippen LogP contribution is 2.40. The molecule has 4 rings (SSSR count). The lowest BCUT2D eigenvalue weighted by molar-refractivity contribution is -0.137. The summed E-state index contributed by atoms with van der Waals surface area (Å²) in [7, 11) is -4.59. The van der Waals surface area contributed by atoms with Gasteiger partial charge in [-0.15, -0.1) is 0 Å². The molecule has 11 nitrogen and oxygen atoms in total. The average molecular weight is 596 g/mol. The van der Waals surface area contributed by atoms with Gasteiger partial charge in [-0.1, -0.05) is 6.07 Å². The second-order valence-corrected chi connectivity index (χ2v) is 12.0. The van der Waals surface area contributed by atoms with Crippen LogP contribution in [0.15, 0.2) is 59.6 Å². The number of amides is 2. The highest BCUT2D eigenvalue weighted by molar-refractivity contribution is 7.92. The molecule has 41 heavy (non-hydrogen) atoms. The number of nitrogens with one attached hydrogen (secondary N) is 3. The number of fused-ring (bicyclic) bond motifs is 1. The van der Waals surface area contributed by atoms with Crippen molar-refractivity contribution in [2.24, 2.45) is 0 Å². The molecule has 1 aromatic heterocycles. The molecule has 2 aromatic carbocycles. The maximum atomic E-state index is 13.7. The van der Waals surface area contributed by atoms with Gasteiger partial charge in [0.1, 0.15) is 17.5 Å². The van der Waals surface area contributed by atoms with E-state index in [2.05, 4.69) is 20.8 Å². The van der Waals surface area contributed by atoms with Gasteiger partial charge in [0.15, 0.2) is 0 Å². The number of ether oxygens (including phenoxy) is 2. The van der Waals surface area contributed by atoms with Crippen LogP contribution < -0.4 is 19.7 Å². The number of hydrogen-bond acceptors (Lipinski definition) is 7. The monoisotopic (exact) mass is 595 g/mol. The van der Waals surface area contributed by atoms with E-state index in [0.717, 1.165) is 22.5 Å². The Morgan fingerprint density at radius 3 is 2.56 bits per heavy atom. The third kappa shape index (κ3) is 7.48. The van der Waals surface area contributed by atoms with Gasteiger partial charge < -0.3 is 14.8 Å². The van der Waals surface area contributed by atoms with Crippen LogP contribution in [0.1, 0.15) is 38.4 Å². The van der Waals surface area contributed by atoms with Crippen molar-refractivity contribution in [3.05, 3.63) is 66.0 Å². The first-order valence-corrected chi connectivity index (χ1v) is 13.8. The summed E-state index contributed by atoms with van der Waals surface area (Å²) < 4.78 is 79.6. The maximum absolute atomic E-state index is 13.7. The Kier molecular flexibility index (Phi) is 8.19. The summed E-state index contributed by atoms with van der Waals surface area (Å²) in [6.45, 7) is 4.74. The molecule has 3 aromatic rings. The number of H-pyrrole nitrogens is 1. The van der Waals surface area contributed by atoms with Crippen molar-refractivity contribution < 1.29 is 40.7 Å². The Morgan fingerprint density at radius 2 is 1.90 bits per heavy atom. The normalized spacial score (nSPS) is 15.5. The van der Waals surface area contributed by atoms with Crippen LogP contribution in [0.2, 0.25) is 0 Å². The molecular weight excluding hydrogens is 567 g/mol. The molecular formula is C26H28F3N5O6S. The zero-order valence-corrected chi connectivity index (χ0v) is 23.1. The van der Waals surface area contributed by atoms with E-state index in [4.69, 9.17) is 9.47 Å². The Bertz CT molecular complexity index is 1520. The first-order valence-electron chi connectivity index (χ1n) is 12.4. The van der Waals surface area contributed by atoms with Gasteiger partial charge in [0.2, 0.25) is 5.91 Å². The minimum absolute atomic E-state index is 0.0378. The number of carbonyl (C=O) groups is 2. The Labute approximate surface area is 234 Å². The van der Waals surface area contributed by atoms with Gasteiger partial charge in [0, 0.05) is 11.9 Å². The molecule has 0 fully saturated rings. The molecule has 15 heteroatoms. The molecule has 2 amide bonds. The summed E-state index contributed by atoms with van der Waals surface area (Å²) in [5, 5.41) is 11.7. The van der Waals surface area contributed by atoms with E-state index in [0.29, 0.717) is 11.8 Å². The highest BCUT2D eigenvalue weighted by Gasteiger charge is 2.38. The predicted molar refractivity (Wildman–Crippen MR) is 142 cm³/mol. The van der Waals surface area contributed by atoms with Crippen molar-refractivity contribution in [2.45, 2.75) is 56.5 Å². The minimum Gasteiger partial charge on any atom is -0.486 e. The molecule has 2 heterocycles. The molecule has 0 spiro atoms. The summed E-state index contributed by atoms with van der Waals surface area (Å²) in [4.78, 5) is 24.3. The van der Waals surface area contributed by atoms with Crippen LogP contribution in [0.25, 0.3) is 0 Å². The lowest BCUT2D eigenvalue weighted by Crippen LogP contribution is -2.45.